The van der Waals surface area contributed by atoms with Gasteiger partial charge >= 0.3 is 0 Å². The fourth-order valence-electron chi connectivity index (χ4n) is 3.33. The molecule has 0 spiro atoms. The molecule has 1 fully saturated rings. The first-order valence-corrected chi connectivity index (χ1v) is 8.63. The summed E-state index contributed by atoms with van der Waals surface area (Å²) in [5.41, 5.74) is 2.98. The topological polar surface area (TPSA) is 29.9 Å². The predicted molar refractivity (Wildman–Crippen MR) is 88.1 cm³/mol. The van der Waals surface area contributed by atoms with E-state index in [-0.39, 0.29) is 11.0 Å². The number of aromatic nitrogens is 2. The Morgan fingerprint density at radius 3 is 2.50 bits per heavy atom. The quantitative estimate of drug-likeness (QED) is 0.898. The second kappa shape index (κ2) is 5.80. The van der Waals surface area contributed by atoms with Crippen LogP contribution in [0.5, 0.6) is 0 Å². The van der Waals surface area contributed by atoms with Crippen LogP contribution in [0.1, 0.15) is 58.8 Å². The molecule has 114 valence electrons. The summed E-state index contributed by atoms with van der Waals surface area (Å²) in [5.74, 6) is 0. The molecule has 0 amide bonds. The summed E-state index contributed by atoms with van der Waals surface area (Å²) in [5, 5.41) is 8.55. The van der Waals surface area contributed by atoms with Gasteiger partial charge in [0.15, 0.2) is 0 Å². The van der Waals surface area contributed by atoms with Crippen LogP contribution in [0.3, 0.4) is 0 Å². The van der Waals surface area contributed by atoms with Gasteiger partial charge in [-0.3, -0.25) is 4.68 Å². The highest BCUT2D eigenvalue weighted by atomic mass is 79.9. The van der Waals surface area contributed by atoms with E-state index in [9.17, 15) is 0 Å². The van der Waals surface area contributed by atoms with Gasteiger partial charge in [-0.15, -0.1) is 0 Å². The van der Waals surface area contributed by atoms with Crippen LogP contribution in [-0.2, 0) is 19.4 Å². The van der Waals surface area contributed by atoms with Crippen molar-refractivity contribution in [1.29, 1.82) is 0 Å². The first kappa shape index (κ1) is 16.0. The fraction of sp³-hybridized carbons (Fsp3) is 0.812. The minimum Gasteiger partial charge on any atom is -0.310 e. The average Bonchev–Trinajstić information content (AvgIpc) is 2.97. The number of halogens is 1. The lowest BCUT2D eigenvalue weighted by molar-refractivity contribution is 0.156. The van der Waals surface area contributed by atoms with Crippen molar-refractivity contribution in [2.45, 2.75) is 72.4 Å². The molecule has 1 saturated heterocycles. The molecule has 3 nitrogen and oxygen atoms in total. The number of hydrogen-bond donors (Lipinski definition) is 1. The Hall–Kier alpha value is -0.350. The zero-order valence-corrected chi connectivity index (χ0v) is 15.1. The van der Waals surface area contributed by atoms with Crippen molar-refractivity contribution in [1.82, 2.24) is 15.1 Å². The molecule has 0 radical (unpaired) electrons. The van der Waals surface area contributed by atoms with Gasteiger partial charge < -0.3 is 5.32 Å². The summed E-state index contributed by atoms with van der Waals surface area (Å²) >= 11 is 3.79. The van der Waals surface area contributed by atoms with Gasteiger partial charge in [-0.1, -0.05) is 27.7 Å². The maximum atomic E-state index is 4.74. The SMILES string of the molecule is CCc1nn(CC)c(CC2(C(C)(C)C)CCCN2)c1Br. The standard InChI is InChI=1S/C16H28BrN3/c1-6-12-14(17)13(20(7-2)19-12)11-16(15(3,4)5)9-8-10-18-16/h18H,6-11H2,1-5H3. The van der Waals surface area contributed by atoms with Gasteiger partial charge in [0.2, 0.25) is 0 Å². The van der Waals surface area contributed by atoms with E-state index in [0.717, 1.165) is 25.9 Å². The third-order valence-electron chi connectivity index (χ3n) is 4.84. The molecular weight excluding hydrogens is 314 g/mol. The lowest BCUT2D eigenvalue weighted by atomic mass is 9.70. The van der Waals surface area contributed by atoms with Gasteiger partial charge in [-0.05, 0) is 54.1 Å². The molecule has 0 aromatic carbocycles. The number of rotatable bonds is 4. The van der Waals surface area contributed by atoms with Crippen LogP contribution < -0.4 is 5.32 Å². The molecule has 1 aliphatic rings. The Kier molecular flexibility index (Phi) is 4.65. The highest BCUT2D eigenvalue weighted by Gasteiger charge is 2.44. The maximum absolute atomic E-state index is 4.74. The normalized spacial score (nSPS) is 23.5. The van der Waals surface area contributed by atoms with Crippen molar-refractivity contribution in [2.75, 3.05) is 6.54 Å². The van der Waals surface area contributed by atoms with Crippen LogP contribution in [0.2, 0.25) is 0 Å². The summed E-state index contributed by atoms with van der Waals surface area (Å²) in [7, 11) is 0. The van der Waals surface area contributed by atoms with Crippen LogP contribution in [0.4, 0.5) is 0 Å². The van der Waals surface area contributed by atoms with Crippen molar-refractivity contribution in [3.63, 3.8) is 0 Å². The third-order valence-corrected chi connectivity index (χ3v) is 5.76. The Bertz CT molecular complexity index is 465. The van der Waals surface area contributed by atoms with Crippen molar-refractivity contribution >= 4 is 15.9 Å². The van der Waals surface area contributed by atoms with E-state index in [1.165, 1.54) is 28.7 Å². The van der Waals surface area contributed by atoms with E-state index in [2.05, 4.69) is 60.5 Å². The van der Waals surface area contributed by atoms with E-state index in [0.29, 0.717) is 0 Å². The molecule has 1 unspecified atom stereocenters. The Morgan fingerprint density at radius 1 is 1.35 bits per heavy atom. The Morgan fingerprint density at radius 2 is 2.05 bits per heavy atom. The van der Waals surface area contributed by atoms with Gasteiger partial charge in [-0.2, -0.15) is 5.10 Å². The van der Waals surface area contributed by atoms with Gasteiger partial charge in [-0.25, -0.2) is 0 Å². The van der Waals surface area contributed by atoms with Gasteiger partial charge in [0.1, 0.15) is 0 Å². The molecule has 2 heterocycles. The highest BCUT2D eigenvalue weighted by Crippen LogP contribution is 2.41. The smallest absolute Gasteiger partial charge is 0.0766 e. The van der Waals surface area contributed by atoms with E-state index in [4.69, 9.17) is 5.10 Å². The zero-order valence-electron chi connectivity index (χ0n) is 13.5. The number of hydrogen-bond acceptors (Lipinski definition) is 2. The molecule has 1 N–H and O–H groups in total. The van der Waals surface area contributed by atoms with Crippen LogP contribution >= 0.6 is 15.9 Å². The van der Waals surface area contributed by atoms with E-state index in [1.807, 2.05) is 0 Å². The van der Waals surface area contributed by atoms with E-state index >= 15 is 0 Å². The van der Waals surface area contributed by atoms with E-state index in [1.54, 1.807) is 0 Å². The summed E-state index contributed by atoms with van der Waals surface area (Å²) < 4.78 is 3.40. The molecule has 1 aromatic rings. The second-order valence-corrected chi connectivity index (χ2v) is 7.71. The molecule has 0 saturated carbocycles. The maximum Gasteiger partial charge on any atom is 0.0766 e. The lowest BCUT2D eigenvalue weighted by Gasteiger charge is -2.42. The van der Waals surface area contributed by atoms with Crippen molar-refractivity contribution < 1.29 is 0 Å². The van der Waals surface area contributed by atoms with Crippen LogP contribution in [0.15, 0.2) is 4.47 Å². The summed E-state index contributed by atoms with van der Waals surface area (Å²) in [6, 6.07) is 0. The van der Waals surface area contributed by atoms with Crippen LogP contribution in [0.25, 0.3) is 0 Å². The molecular formula is C16H28BrN3. The molecule has 1 atom stereocenters. The summed E-state index contributed by atoms with van der Waals surface area (Å²) in [6.07, 6.45) is 4.56. The molecule has 1 aromatic heterocycles. The average molecular weight is 342 g/mol. The Labute approximate surface area is 131 Å². The molecule has 0 aliphatic carbocycles. The number of nitrogens with one attached hydrogen (secondary N) is 1. The molecule has 0 bridgehead atoms. The molecule has 20 heavy (non-hydrogen) atoms. The number of nitrogens with zero attached hydrogens (tertiary/aromatic N) is 2. The summed E-state index contributed by atoms with van der Waals surface area (Å²) in [4.78, 5) is 0. The molecule has 4 heteroatoms. The van der Waals surface area contributed by atoms with Gasteiger partial charge in [0.25, 0.3) is 0 Å². The fourth-order valence-corrected chi connectivity index (χ4v) is 4.04. The monoisotopic (exact) mass is 341 g/mol. The predicted octanol–water partition coefficient (Wildman–Crippen LogP) is 3.94. The first-order valence-electron chi connectivity index (χ1n) is 7.83. The van der Waals surface area contributed by atoms with Crippen molar-refractivity contribution in [2.24, 2.45) is 5.41 Å². The lowest BCUT2D eigenvalue weighted by Crippen LogP contribution is -2.53. The molecule has 1 aliphatic heterocycles. The van der Waals surface area contributed by atoms with Crippen molar-refractivity contribution in [3.05, 3.63) is 15.9 Å². The highest BCUT2D eigenvalue weighted by molar-refractivity contribution is 9.10. The van der Waals surface area contributed by atoms with Gasteiger partial charge in [0.05, 0.1) is 15.9 Å². The first-order chi connectivity index (χ1) is 9.34. The molecule has 2 rings (SSSR count). The van der Waals surface area contributed by atoms with Crippen LogP contribution in [0, 0.1) is 5.41 Å². The Balaban J connectivity index is 2.39. The number of aryl methyl sites for hydroxylation is 2. The minimum atomic E-state index is 0.188. The van der Waals surface area contributed by atoms with Crippen LogP contribution in [-0.4, -0.2) is 21.9 Å². The minimum absolute atomic E-state index is 0.188. The second-order valence-electron chi connectivity index (χ2n) is 6.92. The van der Waals surface area contributed by atoms with Crippen molar-refractivity contribution in [3.8, 4) is 0 Å². The summed E-state index contributed by atoms with van der Waals surface area (Å²) in [6.45, 7) is 13.5. The largest absolute Gasteiger partial charge is 0.310 e. The third kappa shape index (κ3) is 2.69. The van der Waals surface area contributed by atoms with Gasteiger partial charge in [0, 0.05) is 18.5 Å². The zero-order chi connectivity index (χ0) is 15.0. The van der Waals surface area contributed by atoms with E-state index < -0.39 is 0 Å².